The summed E-state index contributed by atoms with van der Waals surface area (Å²) in [7, 11) is -0.0952. The predicted molar refractivity (Wildman–Crippen MR) is 114 cm³/mol. The van der Waals surface area contributed by atoms with Crippen LogP contribution in [0.2, 0.25) is 0 Å². The Bertz CT molecular complexity index is 921. The Hall–Kier alpha value is -2.42. The van der Waals surface area contributed by atoms with E-state index in [-0.39, 0.29) is 10.9 Å². The molecule has 4 aromatic carbocycles. The van der Waals surface area contributed by atoms with Gasteiger partial charge in [-0.1, -0.05) is 48.5 Å². The molecule has 0 radical (unpaired) electrons. The summed E-state index contributed by atoms with van der Waals surface area (Å²) < 4.78 is 0. The van der Waals surface area contributed by atoms with Crippen molar-refractivity contribution in [3.63, 3.8) is 0 Å². The number of rotatable bonds is 4. The van der Waals surface area contributed by atoms with Gasteiger partial charge in [0, 0.05) is 4.90 Å². The molecule has 0 saturated heterocycles. The SMILES string of the molecule is Sc1ccc(-c2ccc([S+](c3ccccc3)c3ccccc3)cc2)cc1. The Kier molecular flexibility index (Phi) is 5.14. The molecule has 0 N–H and O–H groups in total. The van der Waals surface area contributed by atoms with Crippen LogP contribution in [-0.2, 0) is 10.9 Å². The minimum absolute atomic E-state index is 0.0952. The van der Waals surface area contributed by atoms with Crippen LogP contribution in [0.3, 0.4) is 0 Å². The maximum Gasteiger partial charge on any atom is 0.166 e. The number of hydrogen-bond acceptors (Lipinski definition) is 1. The van der Waals surface area contributed by atoms with E-state index in [1.54, 1.807) is 0 Å². The van der Waals surface area contributed by atoms with Gasteiger partial charge in [-0.2, -0.15) is 0 Å². The van der Waals surface area contributed by atoms with Crippen molar-refractivity contribution >= 4 is 23.5 Å². The first-order chi connectivity index (χ1) is 12.8. The second kappa shape index (κ2) is 7.86. The van der Waals surface area contributed by atoms with Crippen LogP contribution in [0, 0.1) is 0 Å². The maximum absolute atomic E-state index is 4.37. The summed E-state index contributed by atoms with van der Waals surface area (Å²) in [6.07, 6.45) is 0. The summed E-state index contributed by atoms with van der Waals surface area (Å²) >= 11 is 4.37. The monoisotopic (exact) mass is 371 g/mol. The van der Waals surface area contributed by atoms with Gasteiger partial charge in [0.1, 0.15) is 0 Å². The normalized spacial score (nSPS) is 10.8. The lowest BCUT2D eigenvalue weighted by Gasteiger charge is -2.09. The first kappa shape index (κ1) is 17.0. The van der Waals surface area contributed by atoms with Crippen LogP contribution < -0.4 is 0 Å². The number of benzene rings is 4. The number of thiol groups is 1. The van der Waals surface area contributed by atoms with Crippen molar-refractivity contribution in [1.29, 1.82) is 0 Å². The van der Waals surface area contributed by atoms with Gasteiger partial charge < -0.3 is 0 Å². The van der Waals surface area contributed by atoms with Crippen LogP contribution in [-0.4, -0.2) is 0 Å². The molecule has 2 heteroatoms. The highest BCUT2D eigenvalue weighted by atomic mass is 32.2. The Labute approximate surface area is 163 Å². The highest BCUT2D eigenvalue weighted by molar-refractivity contribution is 7.97. The van der Waals surface area contributed by atoms with Crippen molar-refractivity contribution in [1.82, 2.24) is 0 Å². The smallest absolute Gasteiger partial charge is 0.143 e. The lowest BCUT2D eigenvalue weighted by atomic mass is 10.1. The van der Waals surface area contributed by atoms with Gasteiger partial charge in [-0.15, -0.1) is 12.6 Å². The molecular formula is C24H19S2+. The Morgan fingerprint density at radius 1 is 0.423 bits per heavy atom. The van der Waals surface area contributed by atoms with E-state index in [9.17, 15) is 0 Å². The lowest BCUT2D eigenvalue weighted by Crippen LogP contribution is -2.04. The van der Waals surface area contributed by atoms with E-state index in [0.717, 1.165) is 4.90 Å². The summed E-state index contributed by atoms with van der Waals surface area (Å²) in [5.41, 5.74) is 2.44. The van der Waals surface area contributed by atoms with Crippen molar-refractivity contribution < 1.29 is 0 Å². The first-order valence-electron chi connectivity index (χ1n) is 8.55. The van der Waals surface area contributed by atoms with Crippen molar-refractivity contribution in [2.24, 2.45) is 0 Å². The van der Waals surface area contributed by atoms with E-state index in [1.165, 1.54) is 25.8 Å². The van der Waals surface area contributed by atoms with Gasteiger partial charge in [0.05, 0.1) is 10.9 Å². The second-order valence-corrected chi connectivity index (χ2v) is 8.55. The van der Waals surface area contributed by atoms with E-state index in [1.807, 2.05) is 12.1 Å². The summed E-state index contributed by atoms with van der Waals surface area (Å²) in [5, 5.41) is 0. The van der Waals surface area contributed by atoms with Gasteiger partial charge in [-0.3, -0.25) is 0 Å². The van der Waals surface area contributed by atoms with Crippen LogP contribution in [0.4, 0.5) is 0 Å². The molecule has 0 unspecified atom stereocenters. The molecule has 0 spiro atoms. The zero-order valence-corrected chi connectivity index (χ0v) is 16.0. The highest BCUT2D eigenvalue weighted by Gasteiger charge is 2.28. The molecule has 4 rings (SSSR count). The van der Waals surface area contributed by atoms with Gasteiger partial charge in [0.2, 0.25) is 0 Å². The summed E-state index contributed by atoms with van der Waals surface area (Å²) in [5.74, 6) is 0. The zero-order chi connectivity index (χ0) is 17.8. The average Bonchev–Trinajstić information content (AvgIpc) is 2.71. The van der Waals surface area contributed by atoms with Crippen LogP contribution in [0.1, 0.15) is 0 Å². The van der Waals surface area contributed by atoms with Gasteiger partial charge in [-0.05, 0) is 71.8 Å². The third-order valence-corrected chi connectivity index (χ3v) is 6.78. The minimum atomic E-state index is -0.0952. The predicted octanol–water partition coefficient (Wildman–Crippen LogP) is 6.74. The van der Waals surface area contributed by atoms with Gasteiger partial charge >= 0.3 is 0 Å². The van der Waals surface area contributed by atoms with Crippen LogP contribution in [0.15, 0.2) is 129 Å². The fourth-order valence-corrected chi connectivity index (χ4v) is 5.19. The third-order valence-electron chi connectivity index (χ3n) is 4.25. The summed E-state index contributed by atoms with van der Waals surface area (Å²) in [6.45, 7) is 0. The Balaban J connectivity index is 1.73. The second-order valence-electron chi connectivity index (χ2n) is 6.00. The lowest BCUT2D eigenvalue weighted by molar-refractivity contribution is 1.32. The molecule has 0 fully saturated rings. The fraction of sp³-hybridized carbons (Fsp3) is 0. The molecule has 0 amide bonds. The summed E-state index contributed by atoms with van der Waals surface area (Å²) in [6, 6.07) is 38.7. The topological polar surface area (TPSA) is 0 Å². The molecule has 126 valence electrons. The van der Waals surface area contributed by atoms with E-state index in [0.29, 0.717) is 0 Å². The molecular weight excluding hydrogens is 352 g/mol. The largest absolute Gasteiger partial charge is 0.166 e. The van der Waals surface area contributed by atoms with E-state index < -0.39 is 0 Å². The van der Waals surface area contributed by atoms with E-state index in [4.69, 9.17) is 0 Å². The Morgan fingerprint density at radius 2 is 0.808 bits per heavy atom. The van der Waals surface area contributed by atoms with Crippen LogP contribution in [0.5, 0.6) is 0 Å². The highest BCUT2D eigenvalue weighted by Crippen LogP contribution is 2.32. The maximum atomic E-state index is 4.37. The molecule has 4 aromatic rings. The summed E-state index contributed by atoms with van der Waals surface area (Å²) in [4.78, 5) is 4.99. The molecule has 0 heterocycles. The van der Waals surface area contributed by atoms with Gasteiger partial charge in [0.15, 0.2) is 14.7 Å². The van der Waals surface area contributed by atoms with Crippen LogP contribution in [0.25, 0.3) is 11.1 Å². The van der Waals surface area contributed by atoms with E-state index in [2.05, 4.69) is 110 Å². The zero-order valence-electron chi connectivity index (χ0n) is 14.2. The van der Waals surface area contributed by atoms with Crippen LogP contribution >= 0.6 is 12.6 Å². The standard InChI is InChI=1S/C24H18S2/c25-21-15-11-19(12-16-21)20-13-17-24(18-14-20)26(22-7-3-1-4-8-22)23-9-5-2-6-10-23/h1-18H/p+1. The Morgan fingerprint density at radius 3 is 1.27 bits per heavy atom. The quantitative estimate of drug-likeness (QED) is 0.298. The van der Waals surface area contributed by atoms with Crippen molar-refractivity contribution in [3.05, 3.63) is 109 Å². The van der Waals surface area contributed by atoms with Crippen molar-refractivity contribution in [2.75, 3.05) is 0 Å². The van der Waals surface area contributed by atoms with Crippen molar-refractivity contribution in [2.45, 2.75) is 19.6 Å². The van der Waals surface area contributed by atoms with Gasteiger partial charge in [-0.25, -0.2) is 0 Å². The fourth-order valence-electron chi connectivity index (χ4n) is 2.96. The number of hydrogen-bond donors (Lipinski definition) is 1. The molecule has 0 atom stereocenters. The first-order valence-corrected chi connectivity index (χ1v) is 10.2. The molecule has 0 nitrogen and oxygen atoms in total. The molecule has 0 bridgehead atoms. The molecule has 26 heavy (non-hydrogen) atoms. The van der Waals surface area contributed by atoms with E-state index >= 15 is 0 Å². The molecule has 0 aliphatic heterocycles. The third kappa shape index (κ3) is 3.72. The van der Waals surface area contributed by atoms with Gasteiger partial charge in [0.25, 0.3) is 0 Å². The molecule has 0 aromatic heterocycles. The minimum Gasteiger partial charge on any atom is -0.143 e. The molecule has 0 saturated carbocycles. The molecule has 0 aliphatic rings. The average molecular weight is 372 g/mol. The molecule has 0 aliphatic carbocycles. The van der Waals surface area contributed by atoms with Crippen molar-refractivity contribution in [3.8, 4) is 11.1 Å².